The topological polar surface area (TPSA) is 27.0 Å². The molecule has 1 aliphatic carbocycles. The predicted molar refractivity (Wildman–Crippen MR) is 45.0 cm³/mol. The first-order valence-electron chi connectivity index (χ1n) is 4.34. The number of hydrogen-bond donors (Lipinski definition) is 0. The Kier molecular flexibility index (Phi) is 2.90. The van der Waals surface area contributed by atoms with Gasteiger partial charge in [0.15, 0.2) is 0 Å². The molecule has 11 heavy (non-hydrogen) atoms. The van der Waals surface area contributed by atoms with E-state index in [0.717, 1.165) is 12.5 Å². The molecule has 0 amide bonds. The largest absolute Gasteiger partial charge is 0.291 e. The van der Waals surface area contributed by atoms with Crippen LogP contribution in [-0.4, -0.2) is 24.5 Å². The standard InChI is InChI=1S/C9H16N2/c1-8(7-10)11(2)6-5-9-3-4-9/h8-9H,3-6H2,1-2H3. The van der Waals surface area contributed by atoms with Gasteiger partial charge in [0.05, 0.1) is 12.1 Å². The molecular formula is C9H16N2. The fourth-order valence-electron chi connectivity index (χ4n) is 1.08. The highest BCUT2D eigenvalue weighted by molar-refractivity contribution is 4.87. The van der Waals surface area contributed by atoms with Crippen LogP contribution in [0.5, 0.6) is 0 Å². The zero-order chi connectivity index (χ0) is 8.27. The van der Waals surface area contributed by atoms with Crippen molar-refractivity contribution in [2.24, 2.45) is 5.92 Å². The molecule has 1 aliphatic rings. The zero-order valence-electron chi connectivity index (χ0n) is 7.38. The second kappa shape index (κ2) is 3.73. The van der Waals surface area contributed by atoms with Crippen molar-refractivity contribution in [3.63, 3.8) is 0 Å². The maximum atomic E-state index is 8.59. The lowest BCUT2D eigenvalue weighted by Gasteiger charge is -2.18. The van der Waals surface area contributed by atoms with E-state index in [1.165, 1.54) is 19.3 Å². The fourth-order valence-corrected chi connectivity index (χ4v) is 1.08. The van der Waals surface area contributed by atoms with Crippen molar-refractivity contribution in [2.45, 2.75) is 32.2 Å². The molecule has 0 aromatic rings. The summed E-state index contributed by atoms with van der Waals surface area (Å²) in [4.78, 5) is 2.12. The second-order valence-electron chi connectivity index (χ2n) is 3.52. The molecule has 0 aromatic carbocycles. The fraction of sp³-hybridized carbons (Fsp3) is 0.889. The van der Waals surface area contributed by atoms with Gasteiger partial charge in [-0.2, -0.15) is 5.26 Å². The van der Waals surface area contributed by atoms with Crippen molar-refractivity contribution in [1.82, 2.24) is 4.90 Å². The average molecular weight is 152 g/mol. The lowest BCUT2D eigenvalue weighted by molar-refractivity contribution is 0.292. The van der Waals surface area contributed by atoms with Gasteiger partial charge >= 0.3 is 0 Å². The first-order valence-corrected chi connectivity index (χ1v) is 4.34. The maximum absolute atomic E-state index is 8.59. The quantitative estimate of drug-likeness (QED) is 0.612. The summed E-state index contributed by atoms with van der Waals surface area (Å²) in [6.45, 7) is 3.03. The molecule has 0 aliphatic heterocycles. The van der Waals surface area contributed by atoms with Gasteiger partial charge < -0.3 is 0 Å². The van der Waals surface area contributed by atoms with Gasteiger partial charge in [-0.25, -0.2) is 0 Å². The van der Waals surface area contributed by atoms with E-state index in [9.17, 15) is 0 Å². The summed E-state index contributed by atoms with van der Waals surface area (Å²) in [5, 5.41) is 8.59. The summed E-state index contributed by atoms with van der Waals surface area (Å²) >= 11 is 0. The maximum Gasteiger partial charge on any atom is 0.0946 e. The van der Waals surface area contributed by atoms with Gasteiger partial charge in [0.25, 0.3) is 0 Å². The highest BCUT2D eigenvalue weighted by Crippen LogP contribution is 2.32. The van der Waals surface area contributed by atoms with Crippen molar-refractivity contribution in [3.8, 4) is 6.07 Å². The molecule has 2 heteroatoms. The van der Waals surface area contributed by atoms with Gasteiger partial charge in [-0.05, 0) is 32.9 Å². The molecule has 1 rings (SSSR count). The van der Waals surface area contributed by atoms with Crippen LogP contribution < -0.4 is 0 Å². The first kappa shape index (κ1) is 8.55. The number of nitrogens with zero attached hydrogens (tertiary/aromatic N) is 2. The summed E-state index contributed by atoms with van der Waals surface area (Å²) in [6, 6.07) is 2.31. The molecule has 0 radical (unpaired) electrons. The van der Waals surface area contributed by atoms with Crippen molar-refractivity contribution < 1.29 is 0 Å². The molecule has 0 spiro atoms. The van der Waals surface area contributed by atoms with Crippen LogP contribution in [-0.2, 0) is 0 Å². The average Bonchev–Trinajstić information content (AvgIpc) is 2.81. The van der Waals surface area contributed by atoms with Gasteiger partial charge in [-0.15, -0.1) is 0 Å². The number of nitriles is 1. The highest BCUT2D eigenvalue weighted by Gasteiger charge is 2.21. The Morgan fingerprint density at radius 1 is 1.64 bits per heavy atom. The molecule has 1 saturated carbocycles. The van der Waals surface area contributed by atoms with Gasteiger partial charge in [0, 0.05) is 0 Å². The SMILES string of the molecule is CC(C#N)N(C)CCC1CC1. The van der Waals surface area contributed by atoms with Crippen molar-refractivity contribution >= 4 is 0 Å². The Bertz CT molecular complexity index is 155. The van der Waals surface area contributed by atoms with Crippen molar-refractivity contribution in [3.05, 3.63) is 0 Å². The van der Waals surface area contributed by atoms with E-state index in [2.05, 4.69) is 11.0 Å². The van der Waals surface area contributed by atoms with E-state index in [0.29, 0.717) is 0 Å². The Morgan fingerprint density at radius 3 is 2.73 bits per heavy atom. The predicted octanol–water partition coefficient (Wildman–Crippen LogP) is 1.63. The summed E-state index contributed by atoms with van der Waals surface area (Å²) in [5.74, 6) is 0.975. The molecule has 0 N–H and O–H groups in total. The number of hydrogen-bond acceptors (Lipinski definition) is 2. The molecule has 62 valence electrons. The summed E-state index contributed by atoms with van der Waals surface area (Å²) in [5.41, 5.74) is 0. The summed E-state index contributed by atoms with van der Waals surface area (Å²) in [6.07, 6.45) is 4.10. The van der Waals surface area contributed by atoms with Crippen molar-refractivity contribution in [2.75, 3.05) is 13.6 Å². The minimum Gasteiger partial charge on any atom is -0.291 e. The Morgan fingerprint density at radius 2 is 2.27 bits per heavy atom. The molecule has 0 heterocycles. The molecule has 1 fully saturated rings. The summed E-state index contributed by atoms with van der Waals surface area (Å²) in [7, 11) is 2.02. The van der Waals surface area contributed by atoms with Crippen molar-refractivity contribution in [1.29, 1.82) is 5.26 Å². The molecule has 1 atom stereocenters. The van der Waals surface area contributed by atoms with E-state index in [1.54, 1.807) is 0 Å². The molecular weight excluding hydrogens is 136 g/mol. The lowest BCUT2D eigenvalue weighted by Crippen LogP contribution is -2.28. The van der Waals surface area contributed by atoms with E-state index in [4.69, 9.17) is 5.26 Å². The van der Waals surface area contributed by atoms with Gasteiger partial charge in [-0.3, -0.25) is 4.90 Å². The minimum atomic E-state index is 0.0775. The minimum absolute atomic E-state index is 0.0775. The van der Waals surface area contributed by atoms with Crippen LogP contribution in [0.3, 0.4) is 0 Å². The smallest absolute Gasteiger partial charge is 0.0946 e. The Hall–Kier alpha value is -0.550. The van der Waals surface area contributed by atoms with Crippen LogP contribution in [0, 0.1) is 17.2 Å². The van der Waals surface area contributed by atoms with Crippen LogP contribution >= 0.6 is 0 Å². The van der Waals surface area contributed by atoms with E-state index in [-0.39, 0.29) is 6.04 Å². The molecule has 0 saturated heterocycles. The van der Waals surface area contributed by atoms with Crippen LogP contribution in [0.15, 0.2) is 0 Å². The van der Waals surface area contributed by atoms with E-state index < -0.39 is 0 Å². The normalized spacial score (nSPS) is 19.8. The van der Waals surface area contributed by atoms with Gasteiger partial charge in [-0.1, -0.05) is 12.8 Å². The molecule has 0 aromatic heterocycles. The van der Waals surface area contributed by atoms with Crippen LogP contribution in [0.2, 0.25) is 0 Å². The van der Waals surface area contributed by atoms with Gasteiger partial charge in [0.1, 0.15) is 0 Å². The van der Waals surface area contributed by atoms with Crippen LogP contribution in [0.1, 0.15) is 26.2 Å². The number of rotatable bonds is 4. The summed E-state index contributed by atoms with van der Waals surface area (Å²) < 4.78 is 0. The van der Waals surface area contributed by atoms with E-state index >= 15 is 0 Å². The molecule has 2 nitrogen and oxygen atoms in total. The Labute approximate surface area is 68.8 Å². The molecule has 0 bridgehead atoms. The third kappa shape index (κ3) is 2.90. The third-order valence-corrected chi connectivity index (χ3v) is 2.43. The van der Waals surface area contributed by atoms with E-state index in [1.807, 2.05) is 14.0 Å². The second-order valence-corrected chi connectivity index (χ2v) is 3.52. The monoisotopic (exact) mass is 152 g/mol. The Balaban J connectivity index is 2.09. The van der Waals surface area contributed by atoms with Gasteiger partial charge in [0.2, 0.25) is 0 Å². The first-order chi connectivity index (χ1) is 5.24. The molecule has 1 unspecified atom stereocenters. The zero-order valence-corrected chi connectivity index (χ0v) is 7.38. The highest BCUT2D eigenvalue weighted by atomic mass is 15.1. The third-order valence-electron chi connectivity index (χ3n) is 2.43. The van der Waals surface area contributed by atoms with Crippen LogP contribution in [0.25, 0.3) is 0 Å². The van der Waals surface area contributed by atoms with Crippen LogP contribution in [0.4, 0.5) is 0 Å². The lowest BCUT2D eigenvalue weighted by atomic mass is 10.2.